The smallest absolute Gasteiger partial charge is 0.242 e. The molecule has 1 aliphatic rings. The number of rotatable bonds is 7. The molecular weight excluding hydrogens is 338 g/mol. The third-order valence-electron chi connectivity index (χ3n) is 4.94. The Bertz CT molecular complexity index is 762. The summed E-state index contributed by atoms with van der Waals surface area (Å²) < 4.78 is 0. The molecule has 1 aliphatic heterocycles. The molecule has 0 bridgehead atoms. The lowest BCUT2D eigenvalue weighted by Gasteiger charge is -2.24. The Hall–Kier alpha value is -2.66. The van der Waals surface area contributed by atoms with Crippen LogP contribution in [0.1, 0.15) is 37.4 Å². The predicted molar refractivity (Wildman–Crippen MR) is 106 cm³/mol. The third-order valence-corrected chi connectivity index (χ3v) is 4.94. The predicted octanol–water partition coefficient (Wildman–Crippen LogP) is 2.64. The second-order valence-electron chi connectivity index (χ2n) is 7.18. The standard InChI is InChI=1S/C22H27N3O2/c1-16(2)25-14-13-19(22(25)27)24-20(18-11-7-4-8-12-18)21(26)23-15-17-9-5-3-6-10-17/h3-12,16,19-20,24H,13-15H2,1-2H3,(H,23,26). The van der Waals surface area contributed by atoms with Crippen molar-refractivity contribution in [2.24, 2.45) is 0 Å². The van der Waals surface area contributed by atoms with Crippen molar-refractivity contribution in [3.63, 3.8) is 0 Å². The second kappa shape index (κ2) is 8.82. The lowest BCUT2D eigenvalue weighted by atomic mass is 10.0. The maximum Gasteiger partial charge on any atom is 0.242 e. The Balaban J connectivity index is 1.72. The van der Waals surface area contributed by atoms with Crippen molar-refractivity contribution in [1.82, 2.24) is 15.5 Å². The fraction of sp³-hybridized carbons (Fsp3) is 0.364. The van der Waals surface area contributed by atoms with Crippen LogP contribution < -0.4 is 10.6 Å². The lowest BCUT2D eigenvalue weighted by Crippen LogP contribution is -2.46. The summed E-state index contributed by atoms with van der Waals surface area (Å²) in [5.74, 6) is -0.0531. The molecule has 5 heteroatoms. The van der Waals surface area contributed by atoms with Crippen molar-refractivity contribution in [2.45, 2.75) is 44.9 Å². The largest absolute Gasteiger partial charge is 0.350 e. The summed E-state index contributed by atoms with van der Waals surface area (Å²) in [5, 5.41) is 6.29. The van der Waals surface area contributed by atoms with Crippen molar-refractivity contribution < 1.29 is 9.59 Å². The van der Waals surface area contributed by atoms with E-state index in [1.54, 1.807) is 0 Å². The summed E-state index contributed by atoms with van der Waals surface area (Å²) in [7, 11) is 0. The fourth-order valence-corrected chi connectivity index (χ4v) is 3.43. The number of amides is 2. The van der Waals surface area contributed by atoms with Crippen molar-refractivity contribution in [3.8, 4) is 0 Å². The van der Waals surface area contributed by atoms with Crippen LogP contribution in [0.2, 0.25) is 0 Å². The summed E-state index contributed by atoms with van der Waals surface area (Å²) in [6, 6.07) is 18.7. The summed E-state index contributed by atoms with van der Waals surface area (Å²) >= 11 is 0. The molecule has 5 nitrogen and oxygen atoms in total. The lowest BCUT2D eigenvalue weighted by molar-refractivity contribution is -0.131. The van der Waals surface area contributed by atoms with Crippen LogP contribution >= 0.6 is 0 Å². The minimum Gasteiger partial charge on any atom is -0.350 e. The summed E-state index contributed by atoms with van der Waals surface area (Å²) in [6.45, 7) is 5.21. The van der Waals surface area contributed by atoms with E-state index in [9.17, 15) is 9.59 Å². The molecule has 1 fully saturated rings. The molecule has 1 saturated heterocycles. The van der Waals surface area contributed by atoms with E-state index in [4.69, 9.17) is 0 Å². The Labute approximate surface area is 160 Å². The Morgan fingerprint density at radius 1 is 1.07 bits per heavy atom. The summed E-state index contributed by atoms with van der Waals surface area (Å²) in [4.78, 5) is 27.4. The maximum atomic E-state index is 12.9. The first kappa shape index (κ1) is 19.1. The molecule has 2 atom stereocenters. The molecule has 142 valence electrons. The van der Waals surface area contributed by atoms with E-state index in [0.717, 1.165) is 17.7 Å². The zero-order chi connectivity index (χ0) is 19.2. The number of hydrogen-bond acceptors (Lipinski definition) is 3. The van der Waals surface area contributed by atoms with Crippen molar-refractivity contribution >= 4 is 11.8 Å². The molecular formula is C22H27N3O2. The minimum absolute atomic E-state index is 0.0711. The maximum absolute atomic E-state index is 12.9. The summed E-state index contributed by atoms with van der Waals surface area (Å²) in [5.41, 5.74) is 1.90. The van der Waals surface area contributed by atoms with Gasteiger partial charge in [0.15, 0.2) is 0 Å². The molecule has 0 aliphatic carbocycles. The molecule has 2 aromatic rings. The molecule has 0 spiro atoms. The van der Waals surface area contributed by atoms with Gasteiger partial charge in [-0.3, -0.25) is 14.9 Å². The van der Waals surface area contributed by atoms with Gasteiger partial charge < -0.3 is 10.2 Å². The molecule has 27 heavy (non-hydrogen) atoms. The van der Waals surface area contributed by atoms with E-state index in [0.29, 0.717) is 13.0 Å². The highest BCUT2D eigenvalue weighted by molar-refractivity contribution is 5.87. The summed E-state index contributed by atoms with van der Waals surface area (Å²) in [6.07, 6.45) is 0.715. The quantitative estimate of drug-likeness (QED) is 0.793. The molecule has 3 rings (SSSR count). The monoisotopic (exact) mass is 365 g/mol. The second-order valence-corrected chi connectivity index (χ2v) is 7.18. The number of carbonyl (C=O) groups excluding carboxylic acids is 2. The zero-order valence-corrected chi connectivity index (χ0v) is 15.9. The van der Waals surface area contributed by atoms with Gasteiger partial charge in [-0.2, -0.15) is 0 Å². The van der Waals surface area contributed by atoms with E-state index >= 15 is 0 Å². The van der Waals surface area contributed by atoms with Crippen molar-refractivity contribution in [1.29, 1.82) is 0 Å². The SMILES string of the molecule is CC(C)N1CCC(NC(C(=O)NCc2ccccc2)c2ccccc2)C1=O. The Morgan fingerprint density at radius 2 is 1.70 bits per heavy atom. The van der Waals surface area contributed by atoms with Gasteiger partial charge in [-0.25, -0.2) is 0 Å². The highest BCUT2D eigenvalue weighted by Gasteiger charge is 2.36. The van der Waals surface area contributed by atoms with Crippen LogP contribution in [0.3, 0.4) is 0 Å². The molecule has 1 heterocycles. The number of hydrogen-bond donors (Lipinski definition) is 2. The minimum atomic E-state index is -0.559. The number of carbonyl (C=O) groups is 2. The van der Waals surface area contributed by atoms with Crippen LogP contribution in [0.4, 0.5) is 0 Å². The van der Waals surface area contributed by atoms with E-state index < -0.39 is 6.04 Å². The zero-order valence-electron chi connectivity index (χ0n) is 15.9. The van der Waals surface area contributed by atoms with Crippen LogP contribution in [0.5, 0.6) is 0 Å². The van der Waals surface area contributed by atoms with Gasteiger partial charge in [0.25, 0.3) is 0 Å². The van der Waals surface area contributed by atoms with Gasteiger partial charge >= 0.3 is 0 Å². The Kier molecular flexibility index (Phi) is 6.24. The van der Waals surface area contributed by atoms with Crippen molar-refractivity contribution in [3.05, 3.63) is 71.8 Å². The molecule has 2 amide bonds. The topological polar surface area (TPSA) is 61.4 Å². The number of benzene rings is 2. The van der Waals surface area contributed by atoms with Gasteiger partial charge in [0.1, 0.15) is 6.04 Å². The number of nitrogens with zero attached hydrogens (tertiary/aromatic N) is 1. The van der Waals surface area contributed by atoms with Crippen LogP contribution in [0.15, 0.2) is 60.7 Å². The molecule has 0 aromatic heterocycles. The van der Waals surface area contributed by atoms with E-state index in [2.05, 4.69) is 10.6 Å². The molecule has 2 aromatic carbocycles. The van der Waals surface area contributed by atoms with Gasteiger partial charge in [0.05, 0.1) is 6.04 Å². The van der Waals surface area contributed by atoms with Gasteiger partial charge in [-0.15, -0.1) is 0 Å². The first-order valence-corrected chi connectivity index (χ1v) is 9.49. The van der Waals surface area contributed by atoms with Crippen LogP contribution in [0, 0.1) is 0 Å². The molecule has 0 saturated carbocycles. The van der Waals surface area contributed by atoms with E-state index in [1.807, 2.05) is 79.4 Å². The van der Waals surface area contributed by atoms with Gasteiger partial charge in [-0.1, -0.05) is 60.7 Å². The van der Waals surface area contributed by atoms with Gasteiger partial charge in [0, 0.05) is 19.1 Å². The van der Waals surface area contributed by atoms with Crippen LogP contribution in [-0.2, 0) is 16.1 Å². The highest BCUT2D eigenvalue weighted by atomic mass is 16.2. The van der Waals surface area contributed by atoms with Crippen LogP contribution in [0.25, 0.3) is 0 Å². The molecule has 2 N–H and O–H groups in total. The Morgan fingerprint density at radius 3 is 2.30 bits per heavy atom. The normalized spacial score (nSPS) is 18.0. The number of nitrogens with one attached hydrogen (secondary N) is 2. The molecule has 2 unspecified atom stereocenters. The molecule has 0 radical (unpaired) electrons. The highest BCUT2D eigenvalue weighted by Crippen LogP contribution is 2.20. The average molecular weight is 365 g/mol. The first-order chi connectivity index (χ1) is 13.1. The van der Waals surface area contributed by atoms with E-state index in [-0.39, 0.29) is 23.9 Å². The number of likely N-dealkylation sites (tertiary alicyclic amines) is 1. The van der Waals surface area contributed by atoms with Crippen LogP contribution in [-0.4, -0.2) is 35.3 Å². The van der Waals surface area contributed by atoms with Gasteiger partial charge in [0.2, 0.25) is 11.8 Å². The van der Waals surface area contributed by atoms with Gasteiger partial charge in [-0.05, 0) is 31.4 Å². The third kappa shape index (κ3) is 4.74. The van der Waals surface area contributed by atoms with Crippen molar-refractivity contribution in [2.75, 3.05) is 6.54 Å². The van der Waals surface area contributed by atoms with E-state index in [1.165, 1.54) is 0 Å². The fourth-order valence-electron chi connectivity index (χ4n) is 3.43. The first-order valence-electron chi connectivity index (χ1n) is 9.49. The average Bonchev–Trinajstić information content (AvgIpc) is 3.06.